The van der Waals surface area contributed by atoms with Crippen molar-refractivity contribution < 1.29 is 14.6 Å². The summed E-state index contributed by atoms with van der Waals surface area (Å²) in [6.45, 7) is 2.06. The fourth-order valence-electron chi connectivity index (χ4n) is 2.82. The van der Waals surface area contributed by atoms with Gasteiger partial charge in [0.1, 0.15) is 0 Å². The zero-order chi connectivity index (χ0) is 19.0. The number of ether oxygens (including phenoxy) is 2. The number of phenols is 1. The Hall–Kier alpha value is -2.52. The molecule has 0 saturated heterocycles. The van der Waals surface area contributed by atoms with Gasteiger partial charge in [-0.2, -0.15) is 9.78 Å². The first kappa shape index (κ1) is 20.2. The Labute approximate surface area is 177 Å². The van der Waals surface area contributed by atoms with Gasteiger partial charge in [0, 0.05) is 11.3 Å². The molecular weight excluding hydrogens is 444 g/mol. The third-order valence-corrected chi connectivity index (χ3v) is 5.22. The summed E-state index contributed by atoms with van der Waals surface area (Å²) in [7, 11) is 2.97. The summed E-state index contributed by atoms with van der Waals surface area (Å²) in [5.74, 6) is 1.82. The third-order valence-electron chi connectivity index (χ3n) is 4.29. The summed E-state index contributed by atoms with van der Waals surface area (Å²) < 4.78 is 12.2. The molecule has 4 rings (SSSR count). The Morgan fingerprint density at radius 3 is 2.25 bits per heavy atom. The molecule has 0 spiro atoms. The molecule has 0 unspecified atom stereocenters. The van der Waals surface area contributed by atoms with Crippen LogP contribution in [0.25, 0.3) is 11.4 Å². The summed E-state index contributed by atoms with van der Waals surface area (Å²) in [4.78, 5) is 0. The van der Waals surface area contributed by atoms with Gasteiger partial charge < -0.3 is 14.6 Å². The van der Waals surface area contributed by atoms with Crippen molar-refractivity contribution in [2.45, 2.75) is 12.1 Å². The standard InChI is InChI=1S/C19H18N4O3S.BrH/c1-11-4-6-12(7-5-11)14-10-27-19-21-20-18(23(19)22-14)13-8-15(25-2)17(24)16(9-13)26-3;/h4-9,24H,10H2,1-3H3;1H. The van der Waals surface area contributed by atoms with Gasteiger partial charge in [-0.25, -0.2) is 0 Å². The van der Waals surface area contributed by atoms with Crippen LogP contribution in [0.5, 0.6) is 17.2 Å². The van der Waals surface area contributed by atoms with E-state index in [1.165, 1.54) is 19.8 Å². The first-order valence-electron chi connectivity index (χ1n) is 8.29. The number of aromatic nitrogens is 3. The average Bonchev–Trinajstić information content (AvgIpc) is 3.12. The third kappa shape index (κ3) is 3.59. The minimum absolute atomic E-state index is 0. The van der Waals surface area contributed by atoms with Crippen molar-refractivity contribution in [2.24, 2.45) is 5.10 Å². The largest absolute Gasteiger partial charge is 0.502 e. The number of fused-ring (bicyclic) bond motifs is 1. The van der Waals surface area contributed by atoms with Crippen LogP contribution in [0.4, 0.5) is 0 Å². The molecule has 146 valence electrons. The highest BCUT2D eigenvalue weighted by atomic mass is 79.9. The van der Waals surface area contributed by atoms with Gasteiger partial charge in [-0.05, 0) is 24.6 Å². The van der Waals surface area contributed by atoms with E-state index < -0.39 is 0 Å². The number of rotatable bonds is 4. The molecule has 0 atom stereocenters. The zero-order valence-electron chi connectivity index (χ0n) is 15.5. The van der Waals surface area contributed by atoms with Crippen LogP contribution in [0.2, 0.25) is 0 Å². The van der Waals surface area contributed by atoms with Gasteiger partial charge in [0.2, 0.25) is 10.9 Å². The Bertz CT molecular complexity index is 1010. The van der Waals surface area contributed by atoms with E-state index >= 15 is 0 Å². The Morgan fingerprint density at radius 2 is 1.64 bits per heavy atom. The number of phenolic OH excluding ortho intramolecular Hbond substituents is 1. The van der Waals surface area contributed by atoms with Crippen LogP contribution in [0, 0.1) is 6.92 Å². The number of hydrogen-bond acceptors (Lipinski definition) is 7. The lowest BCUT2D eigenvalue weighted by Gasteiger charge is -2.15. The van der Waals surface area contributed by atoms with Crippen molar-refractivity contribution >= 4 is 34.5 Å². The molecule has 0 aliphatic carbocycles. The van der Waals surface area contributed by atoms with E-state index in [-0.39, 0.29) is 22.7 Å². The normalized spacial score (nSPS) is 12.6. The molecule has 1 N–H and O–H groups in total. The van der Waals surface area contributed by atoms with E-state index in [0.29, 0.717) is 28.0 Å². The maximum Gasteiger partial charge on any atom is 0.212 e. The lowest BCUT2D eigenvalue weighted by molar-refractivity contribution is 0.340. The monoisotopic (exact) mass is 462 g/mol. The molecule has 0 saturated carbocycles. The van der Waals surface area contributed by atoms with Gasteiger partial charge >= 0.3 is 0 Å². The zero-order valence-corrected chi connectivity index (χ0v) is 18.1. The van der Waals surface area contributed by atoms with Crippen LogP contribution < -0.4 is 9.47 Å². The molecule has 0 amide bonds. The number of methoxy groups -OCH3 is 2. The molecule has 3 aromatic rings. The topological polar surface area (TPSA) is 81.8 Å². The minimum Gasteiger partial charge on any atom is -0.502 e. The van der Waals surface area contributed by atoms with E-state index in [4.69, 9.17) is 14.6 Å². The highest BCUT2D eigenvalue weighted by Crippen LogP contribution is 2.40. The van der Waals surface area contributed by atoms with E-state index in [0.717, 1.165) is 17.0 Å². The molecular formula is C19H19BrN4O3S. The van der Waals surface area contributed by atoms with Gasteiger partial charge in [0.05, 0.1) is 19.9 Å². The summed E-state index contributed by atoms with van der Waals surface area (Å²) in [6.07, 6.45) is 0. The molecule has 1 aliphatic rings. The number of thioether (sulfide) groups is 1. The highest BCUT2D eigenvalue weighted by molar-refractivity contribution is 8.93. The van der Waals surface area contributed by atoms with Gasteiger partial charge in [-0.15, -0.1) is 27.2 Å². The number of hydrogen-bond donors (Lipinski definition) is 1. The number of aryl methyl sites for hydroxylation is 1. The molecule has 2 aromatic carbocycles. The van der Waals surface area contributed by atoms with Crippen LogP contribution in [-0.2, 0) is 0 Å². The Kier molecular flexibility index (Phi) is 5.95. The average molecular weight is 463 g/mol. The predicted molar refractivity (Wildman–Crippen MR) is 114 cm³/mol. The first-order chi connectivity index (χ1) is 13.1. The lowest BCUT2D eigenvalue weighted by Crippen LogP contribution is -2.13. The second-order valence-electron chi connectivity index (χ2n) is 6.05. The maximum atomic E-state index is 10.1. The van der Waals surface area contributed by atoms with Crippen molar-refractivity contribution in [3.8, 4) is 28.6 Å². The molecule has 7 nitrogen and oxygen atoms in total. The predicted octanol–water partition coefficient (Wildman–Crippen LogP) is 3.91. The van der Waals surface area contributed by atoms with E-state index in [1.54, 1.807) is 28.6 Å². The van der Waals surface area contributed by atoms with Crippen molar-refractivity contribution in [3.05, 3.63) is 47.5 Å². The van der Waals surface area contributed by atoms with Crippen LogP contribution >= 0.6 is 28.7 Å². The summed E-state index contributed by atoms with van der Waals surface area (Å²) >= 11 is 1.58. The van der Waals surface area contributed by atoms with Crippen molar-refractivity contribution in [2.75, 3.05) is 20.0 Å². The molecule has 2 heterocycles. The van der Waals surface area contributed by atoms with Gasteiger partial charge in [-0.3, -0.25) is 0 Å². The summed E-state index contributed by atoms with van der Waals surface area (Å²) in [5.41, 5.74) is 3.91. The van der Waals surface area contributed by atoms with E-state index in [2.05, 4.69) is 41.4 Å². The minimum atomic E-state index is -0.0552. The quantitative estimate of drug-likeness (QED) is 0.632. The molecule has 9 heteroatoms. The van der Waals surface area contributed by atoms with Crippen LogP contribution in [0.3, 0.4) is 0 Å². The van der Waals surface area contributed by atoms with Crippen LogP contribution in [-0.4, -0.2) is 45.7 Å². The van der Waals surface area contributed by atoms with Gasteiger partial charge in [0.25, 0.3) is 0 Å². The Morgan fingerprint density at radius 1 is 1.00 bits per heavy atom. The molecule has 1 aromatic heterocycles. The number of benzene rings is 2. The number of nitrogens with zero attached hydrogens (tertiary/aromatic N) is 4. The number of aromatic hydroxyl groups is 1. The molecule has 0 radical (unpaired) electrons. The van der Waals surface area contributed by atoms with E-state index in [9.17, 15) is 5.11 Å². The highest BCUT2D eigenvalue weighted by Gasteiger charge is 2.22. The second kappa shape index (κ2) is 8.24. The van der Waals surface area contributed by atoms with Crippen LogP contribution in [0.1, 0.15) is 11.1 Å². The SMILES string of the molecule is Br.COc1cc(-c2nnc3n2N=C(c2ccc(C)cc2)CS3)cc(OC)c1O. The molecule has 0 fully saturated rings. The summed E-state index contributed by atoms with van der Waals surface area (Å²) in [5, 5.41) is 24.1. The first-order valence-corrected chi connectivity index (χ1v) is 9.27. The molecule has 28 heavy (non-hydrogen) atoms. The van der Waals surface area contributed by atoms with Gasteiger partial charge in [-0.1, -0.05) is 41.6 Å². The summed E-state index contributed by atoms with van der Waals surface area (Å²) in [6, 6.07) is 11.7. The Balaban J connectivity index is 0.00000225. The van der Waals surface area contributed by atoms with Crippen LogP contribution in [0.15, 0.2) is 46.7 Å². The van der Waals surface area contributed by atoms with E-state index in [1.807, 2.05) is 0 Å². The smallest absolute Gasteiger partial charge is 0.212 e. The second-order valence-corrected chi connectivity index (χ2v) is 6.99. The van der Waals surface area contributed by atoms with Crippen molar-refractivity contribution in [1.29, 1.82) is 0 Å². The fourth-order valence-corrected chi connectivity index (χ4v) is 3.66. The molecule has 0 bridgehead atoms. The number of halogens is 1. The van der Waals surface area contributed by atoms with Gasteiger partial charge in [0.15, 0.2) is 17.3 Å². The van der Waals surface area contributed by atoms with Crippen molar-refractivity contribution in [3.63, 3.8) is 0 Å². The fraction of sp³-hybridized carbons (Fsp3) is 0.211. The maximum absolute atomic E-state index is 10.1. The van der Waals surface area contributed by atoms with Crippen molar-refractivity contribution in [1.82, 2.24) is 14.9 Å². The lowest BCUT2D eigenvalue weighted by atomic mass is 10.1. The molecule has 1 aliphatic heterocycles.